The Bertz CT molecular complexity index is 378. The number of hydrogen-bond donors (Lipinski definition) is 0. The van der Waals surface area contributed by atoms with Gasteiger partial charge in [-0.2, -0.15) is 0 Å². The predicted octanol–water partition coefficient (Wildman–Crippen LogP) is 1.04. The lowest BCUT2D eigenvalue weighted by Gasteiger charge is -2.22. The molecule has 0 unspecified atom stereocenters. The molecule has 7 nitrogen and oxygen atoms in total. The van der Waals surface area contributed by atoms with Crippen molar-refractivity contribution in [2.24, 2.45) is 0 Å². The zero-order chi connectivity index (χ0) is 16.2. The van der Waals surface area contributed by atoms with Crippen LogP contribution in [0.5, 0.6) is 0 Å². The van der Waals surface area contributed by atoms with Crippen LogP contribution in [0.3, 0.4) is 0 Å². The molecule has 1 heterocycles. The van der Waals surface area contributed by atoms with Crippen molar-refractivity contribution in [3.05, 3.63) is 0 Å². The molecular weight excluding hydrogens is 280 g/mol. The molecule has 1 saturated heterocycles. The van der Waals surface area contributed by atoms with Gasteiger partial charge in [0.05, 0.1) is 20.3 Å². The van der Waals surface area contributed by atoms with E-state index in [4.69, 9.17) is 23.7 Å². The van der Waals surface area contributed by atoms with Gasteiger partial charge < -0.3 is 23.7 Å². The third kappa shape index (κ3) is 4.94. The van der Waals surface area contributed by atoms with E-state index in [0.29, 0.717) is 0 Å². The summed E-state index contributed by atoms with van der Waals surface area (Å²) in [6.45, 7) is 7.01. The monoisotopic (exact) mass is 304 g/mol. The molecule has 1 fully saturated rings. The first-order chi connectivity index (χ1) is 9.70. The van der Waals surface area contributed by atoms with E-state index in [2.05, 4.69) is 0 Å². The molecule has 0 radical (unpaired) electrons. The minimum Gasteiger partial charge on any atom is -0.467 e. The normalized spacial score (nSPS) is 25.7. The predicted molar refractivity (Wildman–Crippen MR) is 72.5 cm³/mol. The van der Waals surface area contributed by atoms with Crippen LogP contribution in [0.2, 0.25) is 0 Å². The third-order valence-corrected chi connectivity index (χ3v) is 2.96. The Hall–Kier alpha value is -1.18. The average Bonchev–Trinajstić information content (AvgIpc) is 2.70. The van der Waals surface area contributed by atoms with Gasteiger partial charge in [-0.05, 0) is 27.7 Å². The van der Waals surface area contributed by atoms with Gasteiger partial charge in [-0.1, -0.05) is 0 Å². The number of methoxy groups -OCH3 is 2. The fourth-order valence-electron chi connectivity index (χ4n) is 2.20. The smallest absolute Gasteiger partial charge is 0.337 e. The first kappa shape index (κ1) is 17.9. The van der Waals surface area contributed by atoms with Crippen molar-refractivity contribution < 1.29 is 33.3 Å². The van der Waals surface area contributed by atoms with Crippen molar-refractivity contribution in [3.63, 3.8) is 0 Å². The van der Waals surface area contributed by atoms with E-state index in [-0.39, 0.29) is 12.5 Å². The molecule has 7 heteroatoms. The van der Waals surface area contributed by atoms with Crippen LogP contribution >= 0.6 is 0 Å². The Morgan fingerprint density at radius 2 is 1.76 bits per heavy atom. The molecule has 0 N–H and O–H groups in total. The van der Waals surface area contributed by atoms with E-state index in [0.717, 1.165) is 0 Å². The largest absolute Gasteiger partial charge is 0.467 e. The highest BCUT2D eigenvalue weighted by molar-refractivity contribution is 5.77. The van der Waals surface area contributed by atoms with Gasteiger partial charge in [-0.25, -0.2) is 9.59 Å². The summed E-state index contributed by atoms with van der Waals surface area (Å²) in [6.07, 6.45) is -2.39. The van der Waals surface area contributed by atoms with Gasteiger partial charge in [0.1, 0.15) is 6.10 Å². The van der Waals surface area contributed by atoms with Crippen molar-refractivity contribution in [2.45, 2.75) is 64.3 Å². The average molecular weight is 304 g/mol. The number of ether oxygens (including phenoxy) is 5. The molecule has 0 amide bonds. The number of rotatable bonds is 6. The summed E-state index contributed by atoms with van der Waals surface area (Å²) in [4.78, 5) is 23.6. The number of esters is 2. The summed E-state index contributed by atoms with van der Waals surface area (Å²) in [7, 11) is 2.56. The fraction of sp³-hybridized carbons (Fsp3) is 0.857. The van der Waals surface area contributed by atoms with E-state index in [1.165, 1.54) is 14.2 Å². The lowest BCUT2D eigenvalue weighted by molar-refractivity contribution is -0.169. The summed E-state index contributed by atoms with van der Waals surface area (Å²) in [5.74, 6) is -1.98. The molecule has 122 valence electrons. The van der Waals surface area contributed by atoms with E-state index in [1.54, 1.807) is 13.8 Å². The zero-order valence-corrected chi connectivity index (χ0v) is 13.4. The van der Waals surface area contributed by atoms with Crippen molar-refractivity contribution in [1.29, 1.82) is 0 Å². The Morgan fingerprint density at radius 1 is 1.14 bits per heavy atom. The molecule has 21 heavy (non-hydrogen) atoms. The first-order valence-corrected chi connectivity index (χ1v) is 6.87. The molecule has 0 aromatic heterocycles. The van der Waals surface area contributed by atoms with Gasteiger partial charge in [0.2, 0.25) is 0 Å². The highest BCUT2D eigenvalue weighted by atomic mass is 16.8. The quantitative estimate of drug-likeness (QED) is 0.678. The van der Waals surface area contributed by atoms with Gasteiger partial charge >= 0.3 is 11.9 Å². The summed E-state index contributed by atoms with van der Waals surface area (Å²) in [5.41, 5.74) is 0. The lowest BCUT2D eigenvalue weighted by atomic mass is 10.1. The summed E-state index contributed by atoms with van der Waals surface area (Å²) >= 11 is 0. The molecular formula is C14H24O7. The second-order valence-electron chi connectivity index (χ2n) is 5.55. The third-order valence-electron chi connectivity index (χ3n) is 2.96. The minimum atomic E-state index is -0.929. The van der Waals surface area contributed by atoms with E-state index in [1.807, 2.05) is 13.8 Å². The molecule has 1 aliphatic rings. The van der Waals surface area contributed by atoms with Crippen LogP contribution in [-0.4, -0.2) is 56.4 Å². The number of carbonyl (C=O) groups is 2. The number of hydrogen-bond acceptors (Lipinski definition) is 7. The van der Waals surface area contributed by atoms with E-state index < -0.39 is 36.0 Å². The van der Waals surface area contributed by atoms with Crippen LogP contribution in [0.1, 0.15) is 34.1 Å². The second-order valence-corrected chi connectivity index (χ2v) is 5.55. The van der Waals surface area contributed by atoms with Crippen LogP contribution < -0.4 is 0 Å². The van der Waals surface area contributed by atoms with Crippen molar-refractivity contribution >= 4 is 11.9 Å². The van der Waals surface area contributed by atoms with Crippen LogP contribution in [0.25, 0.3) is 0 Å². The van der Waals surface area contributed by atoms with Gasteiger partial charge in [0.15, 0.2) is 18.0 Å². The van der Waals surface area contributed by atoms with Gasteiger partial charge in [0, 0.05) is 6.42 Å². The fourth-order valence-corrected chi connectivity index (χ4v) is 2.20. The highest BCUT2D eigenvalue weighted by Crippen LogP contribution is 2.32. The maximum atomic E-state index is 11.8. The van der Waals surface area contributed by atoms with E-state index in [9.17, 15) is 9.59 Å². The summed E-state index contributed by atoms with van der Waals surface area (Å²) < 4.78 is 26.2. The van der Waals surface area contributed by atoms with Crippen LogP contribution in [0, 0.1) is 0 Å². The molecule has 0 aliphatic carbocycles. The Labute approximate surface area is 124 Å². The molecule has 0 spiro atoms. The topological polar surface area (TPSA) is 80.3 Å². The maximum absolute atomic E-state index is 11.8. The second kappa shape index (κ2) is 7.20. The molecule has 0 aromatic rings. The molecule has 0 saturated carbocycles. The molecule has 1 aliphatic heterocycles. The van der Waals surface area contributed by atoms with Crippen molar-refractivity contribution in [2.75, 3.05) is 14.2 Å². The van der Waals surface area contributed by atoms with Crippen LogP contribution in [-0.2, 0) is 33.3 Å². The Kier molecular flexibility index (Phi) is 6.12. The zero-order valence-electron chi connectivity index (χ0n) is 13.4. The van der Waals surface area contributed by atoms with Crippen molar-refractivity contribution in [3.8, 4) is 0 Å². The lowest BCUT2D eigenvalue weighted by Crippen LogP contribution is -2.39. The van der Waals surface area contributed by atoms with Gasteiger partial charge in [0.25, 0.3) is 0 Å². The van der Waals surface area contributed by atoms with Gasteiger partial charge in [-0.3, -0.25) is 0 Å². The molecule has 0 aromatic carbocycles. The van der Waals surface area contributed by atoms with Gasteiger partial charge in [-0.15, -0.1) is 0 Å². The molecule has 0 bridgehead atoms. The van der Waals surface area contributed by atoms with Crippen molar-refractivity contribution in [1.82, 2.24) is 0 Å². The number of carbonyl (C=O) groups excluding carboxylic acids is 2. The Morgan fingerprint density at radius 3 is 2.24 bits per heavy atom. The summed E-state index contributed by atoms with van der Waals surface area (Å²) in [6, 6.07) is 0. The Balaban J connectivity index is 2.84. The maximum Gasteiger partial charge on any atom is 0.337 e. The van der Waals surface area contributed by atoms with E-state index >= 15 is 0 Å². The van der Waals surface area contributed by atoms with Crippen LogP contribution in [0.4, 0.5) is 0 Å². The first-order valence-electron chi connectivity index (χ1n) is 6.87. The molecule has 3 atom stereocenters. The highest BCUT2D eigenvalue weighted by Gasteiger charge is 2.47. The SMILES string of the molecule is COC(=O)[C@H]1OC(C)(C)O[C@@H]1C[C@@H](OC(C)C)C(=O)OC. The standard InChI is InChI=1S/C14H24O7/c1-8(2)19-10(12(15)17-5)7-9-11(13(16)18-6)21-14(3,4)20-9/h8-11H,7H2,1-6H3/t9-,10-,11+/m1/s1. The summed E-state index contributed by atoms with van der Waals surface area (Å²) in [5, 5.41) is 0. The van der Waals surface area contributed by atoms with Crippen LogP contribution in [0.15, 0.2) is 0 Å². The molecule has 1 rings (SSSR count). The minimum absolute atomic E-state index is 0.147.